The van der Waals surface area contributed by atoms with Crippen molar-refractivity contribution in [2.45, 2.75) is 39.2 Å². The van der Waals surface area contributed by atoms with Crippen molar-refractivity contribution in [3.63, 3.8) is 0 Å². The molecule has 1 aliphatic heterocycles. The summed E-state index contributed by atoms with van der Waals surface area (Å²) in [7, 11) is 0. The summed E-state index contributed by atoms with van der Waals surface area (Å²) in [5, 5.41) is 0. The number of Topliss-reactive ketones (excluding diaryl/α,β-unsaturated/α-hetero) is 1. The zero-order valence-electron chi connectivity index (χ0n) is 16.7. The minimum absolute atomic E-state index is 0.0533. The van der Waals surface area contributed by atoms with E-state index in [0.717, 1.165) is 53.7 Å². The molecule has 1 aliphatic carbocycles. The van der Waals surface area contributed by atoms with Gasteiger partial charge >= 0.3 is 0 Å². The Kier molecular flexibility index (Phi) is 6.06. The molecule has 1 amide bonds. The van der Waals surface area contributed by atoms with Crippen LogP contribution in [0, 0.1) is 14.9 Å². The van der Waals surface area contributed by atoms with Crippen LogP contribution < -0.4 is 4.90 Å². The second-order valence-electron chi connectivity index (χ2n) is 8.24. The molecule has 2 atom stereocenters. The largest absolute Gasteiger partial charge is 0.381 e. The molecule has 1 saturated heterocycles. The van der Waals surface area contributed by atoms with Gasteiger partial charge in [-0.3, -0.25) is 9.59 Å². The zero-order chi connectivity index (χ0) is 20.4. The lowest BCUT2D eigenvalue weighted by Gasteiger charge is -2.25. The summed E-state index contributed by atoms with van der Waals surface area (Å²) in [6.07, 6.45) is 4.08. The third-order valence-electron chi connectivity index (χ3n) is 6.28. The molecule has 2 fully saturated rings. The summed E-state index contributed by atoms with van der Waals surface area (Å²) in [4.78, 5) is 27.1. The van der Waals surface area contributed by atoms with Crippen LogP contribution in [0.1, 0.15) is 48.5 Å². The SMILES string of the molecule is CC(=O)c1ccc(CN(C(=O)C2CC23CCCOCC3)c2cccc(I)c2)cc1. The number of ether oxygens (including phenoxy) is 1. The van der Waals surface area contributed by atoms with E-state index in [0.29, 0.717) is 12.1 Å². The second kappa shape index (κ2) is 8.56. The quantitative estimate of drug-likeness (QED) is 0.415. The molecule has 0 aromatic heterocycles. The number of amides is 1. The molecule has 0 radical (unpaired) electrons. The first-order valence-corrected chi connectivity index (χ1v) is 11.3. The van der Waals surface area contributed by atoms with Crippen LogP contribution in [0.5, 0.6) is 0 Å². The molecular formula is C24H26INO3. The monoisotopic (exact) mass is 503 g/mol. The standard InChI is InChI=1S/C24H26INO3/c1-17(27)19-8-6-18(7-9-19)16-26(21-5-2-4-20(25)14-21)23(28)22-15-24(22)10-3-12-29-13-11-24/h2,4-9,14,22H,3,10-13,15-16H2,1H3. The summed E-state index contributed by atoms with van der Waals surface area (Å²) in [6.45, 7) is 3.66. The molecular weight excluding hydrogens is 477 g/mol. The van der Waals surface area contributed by atoms with Crippen molar-refractivity contribution in [3.8, 4) is 0 Å². The molecule has 4 rings (SSSR count). The Morgan fingerprint density at radius 2 is 1.93 bits per heavy atom. The number of benzene rings is 2. The summed E-state index contributed by atoms with van der Waals surface area (Å²) in [5.41, 5.74) is 2.79. The van der Waals surface area contributed by atoms with E-state index in [-0.39, 0.29) is 23.0 Å². The minimum atomic E-state index is 0.0533. The van der Waals surface area contributed by atoms with Gasteiger partial charge in [0.2, 0.25) is 5.91 Å². The van der Waals surface area contributed by atoms with Crippen LogP contribution in [-0.2, 0) is 16.1 Å². The van der Waals surface area contributed by atoms with Gasteiger partial charge in [-0.2, -0.15) is 0 Å². The van der Waals surface area contributed by atoms with Crippen molar-refractivity contribution in [2.75, 3.05) is 18.1 Å². The first-order chi connectivity index (χ1) is 14.0. The van der Waals surface area contributed by atoms with E-state index in [9.17, 15) is 9.59 Å². The lowest BCUT2D eigenvalue weighted by atomic mass is 9.93. The fourth-order valence-electron chi connectivity index (χ4n) is 4.43. The van der Waals surface area contributed by atoms with Gasteiger partial charge in [0.05, 0.1) is 6.54 Å². The van der Waals surface area contributed by atoms with Crippen molar-refractivity contribution in [1.29, 1.82) is 0 Å². The van der Waals surface area contributed by atoms with Crippen molar-refractivity contribution >= 4 is 40.0 Å². The van der Waals surface area contributed by atoms with Gasteiger partial charge in [-0.15, -0.1) is 0 Å². The van der Waals surface area contributed by atoms with Gasteiger partial charge in [-0.1, -0.05) is 30.3 Å². The maximum Gasteiger partial charge on any atom is 0.230 e. The van der Waals surface area contributed by atoms with Gasteiger partial charge in [-0.05, 0) is 84.4 Å². The molecule has 152 valence electrons. The zero-order valence-corrected chi connectivity index (χ0v) is 18.9. The number of nitrogens with zero attached hydrogens (tertiary/aromatic N) is 1. The molecule has 4 nitrogen and oxygen atoms in total. The molecule has 2 aliphatic rings. The summed E-state index contributed by atoms with van der Waals surface area (Å²) >= 11 is 2.29. The van der Waals surface area contributed by atoms with Crippen LogP contribution in [0.4, 0.5) is 5.69 Å². The summed E-state index contributed by atoms with van der Waals surface area (Å²) in [6, 6.07) is 15.7. The van der Waals surface area contributed by atoms with Crippen LogP contribution >= 0.6 is 22.6 Å². The number of ketones is 1. The van der Waals surface area contributed by atoms with Crippen molar-refractivity contribution in [3.05, 3.63) is 63.2 Å². The highest BCUT2D eigenvalue weighted by atomic mass is 127. The van der Waals surface area contributed by atoms with Crippen LogP contribution in [0.15, 0.2) is 48.5 Å². The summed E-state index contributed by atoms with van der Waals surface area (Å²) < 4.78 is 6.74. The molecule has 2 aromatic carbocycles. The normalized spacial score (nSPS) is 23.4. The van der Waals surface area contributed by atoms with Crippen LogP contribution in [0.2, 0.25) is 0 Å². The van der Waals surface area contributed by atoms with Crippen LogP contribution in [0.3, 0.4) is 0 Å². The highest BCUT2D eigenvalue weighted by Crippen LogP contribution is 2.60. The van der Waals surface area contributed by atoms with Gasteiger partial charge in [0, 0.05) is 34.0 Å². The highest BCUT2D eigenvalue weighted by Gasteiger charge is 2.58. The highest BCUT2D eigenvalue weighted by molar-refractivity contribution is 14.1. The number of carbonyl (C=O) groups is 2. The Balaban J connectivity index is 1.59. The molecule has 1 spiro atoms. The van der Waals surface area contributed by atoms with E-state index < -0.39 is 0 Å². The Hall–Kier alpha value is -1.73. The fraction of sp³-hybridized carbons (Fsp3) is 0.417. The Labute approximate surface area is 185 Å². The molecule has 0 bridgehead atoms. The maximum absolute atomic E-state index is 13.6. The Morgan fingerprint density at radius 1 is 1.14 bits per heavy atom. The average molecular weight is 503 g/mol. The fourth-order valence-corrected chi connectivity index (χ4v) is 4.96. The van der Waals surface area contributed by atoms with Crippen molar-refractivity contribution in [2.24, 2.45) is 11.3 Å². The molecule has 0 N–H and O–H groups in total. The topological polar surface area (TPSA) is 46.6 Å². The molecule has 29 heavy (non-hydrogen) atoms. The predicted molar refractivity (Wildman–Crippen MR) is 122 cm³/mol. The number of hydrogen-bond acceptors (Lipinski definition) is 3. The lowest BCUT2D eigenvalue weighted by molar-refractivity contribution is -0.120. The molecule has 1 heterocycles. The molecule has 5 heteroatoms. The predicted octanol–water partition coefficient (Wildman–Crippen LogP) is 5.23. The van der Waals surface area contributed by atoms with Crippen LogP contribution in [-0.4, -0.2) is 24.9 Å². The van der Waals surface area contributed by atoms with E-state index in [2.05, 4.69) is 28.7 Å². The minimum Gasteiger partial charge on any atom is -0.381 e. The first kappa shape index (κ1) is 20.5. The van der Waals surface area contributed by atoms with Gasteiger partial charge in [0.1, 0.15) is 0 Å². The van der Waals surface area contributed by atoms with Gasteiger partial charge in [0.25, 0.3) is 0 Å². The maximum atomic E-state index is 13.6. The number of halogens is 1. The number of anilines is 1. The Morgan fingerprint density at radius 3 is 2.66 bits per heavy atom. The lowest BCUT2D eigenvalue weighted by Crippen LogP contribution is -2.33. The number of hydrogen-bond donors (Lipinski definition) is 0. The smallest absolute Gasteiger partial charge is 0.230 e. The van der Waals surface area contributed by atoms with E-state index in [1.807, 2.05) is 47.4 Å². The van der Waals surface area contributed by atoms with Crippen molar-refractivity contribution < 1.29 is 14.3 Å². The Bertz CT molecular complexity index is 901. The van der Waals surface area contributed by atoms with Gasteiger partial charge in [0.15, 0.2) is 5.78 Å². The van der Waals surface area contributed by atoms with E-state index in [1.165, 1.54) is 0 Å². The third-order valence-corrected chi connectivity index (χ3v) is 6.95. The van der Waals surface area contributed by atoms with E-state index >= 15 is 0 Å². The van der Waals surface area contributed by atoms with Crippen LogP contribution in [0.25, 0.3) is 0 Å². The second-order valence-corrected chi connectivity index (χ2v) is 9.49. The molecule has 2 aromatic rings. The van der Waals surface area contributed by atoms with Gasteiger partial charge in [-0.25, -0.2) is 0 Å². The summed E-state index contributed by atoms with van der Waals surface area (Å²) in [5.74, 6) is 0.348. The van der Waals surface area contributed by atoms with Crippen molar-refractivity contribution in [1.82, 2.24) is 0 Å². The molecule has 2 unspecified atom stereocenters. The number of rotatable bonds is 5. The average Bonchev–Trinajstić information content (AvgIpc) is 3.48. The first-order valence-electron chi connectivity index (χ1n) is 10.2. The van der Waals surface area contributed by atoms with E-state index in [1.54, 1.807) is 6.92 Å². The van der Waals surface area contributed by atoms with Gasteiger partial charge < -0.3 is 9.64 Å². The third kappa shape index (κ3) is 4.56. The van der Waals surface area contributed by atoms with E-state index in [4.69, 9.17) is 4.74 Å². The molecule has 1 saturated carbocycles. The number of carbonyl (C=O) groups excluding carboxylic acids is 2.